The minimum atomic E-state index is -0.200. The van der Waals surface area contributed by atoms with Crippen molar-refractivity contribution in [3.63, 3.8) is 0 Å². The number of hydrogen-bond donors (Lipinski definition) is 1. The highest BCUT2D eigenvalue weighted by molar-refractivity contribution is 5.97. The Morgan fingerprint density at radius 3 is 2.85 bits per heavy atom. The lowest BCUT2D eigenvalue weighted by molar-refractivity contribution is 0.0979. The number of Topliss-reactive ketones (excluding diaryl/α,β-unsaturated/α-hetero) is 1. The molecule has 4 nitrogen and oxygen atoms in total. The lowest BCUT2D eigenvalue weighted by atomic mass is 10.0. The van der Waals surface area contributed by atoms with Gasteiger partial charge in [-0.15, -0.1) is 0 Å². The molecule has 4 heteroatoms. The van der Waals surface area contributed by atoms with Gasteiger partial charge in [-0.25, -0.2) is 0 Å². The van der Waals surface area contributed by atoms with Crippen molar-refractivity contribution in [3.8, 4) is 5.75 Å². The van der Waals surface area contributed by atoms with Crippen molar-refractivity contribution in [1.29, 1.82) is 0 Å². The van der Waals surface area contributed by atoms with Gasteiger partial charge in [-0.2, -0.15) is 0 Å². The average molecular weight is 276 g/mol. The van der Waals surface area contributed by atoms with Crippen molar-refractivity contribution in [2.24, 2.45) is 5.73 Å². The molecule has 0 aromatic heterocycles. The maximum Gasteiger partial charge on any atom is 0.163 e. The van der Waals surface area contributed by atoms with Gasteiger partial charge in [0.2, 0.25) is 0 Å². The number of nitrogens with two attached hydrogens (primary N) is 1. The zero-order valence-electron chi connectivity index (χ0n) is 12.6. The number of carbonyl (C=O) groups is 1. The number of ether oxygens (including phenoxy) is 1. The van der Waals surface area contributed by atoms with E-state index < -0.39 is 0 Å². The minimum absolute atomic E-state index is 0.152. The SMILES string of the molecule is CCN1CC(C)(C)Oc2ccc(C(=O)CCCN)cc21. The molecule has 20 heavy (non-hydrogen) atoms. The van der Waals surface area contributed by atoms with Crippen LogP contribution in [-0.2, 0) is 0 Å². The van der Waals surface area contributed by atoms with Gasteiger partial charge in [-0.3, -0.25) is 4.79 Å². The molecule has 1 heterocycles. The van der Waals surface area contributed by atoms with Gasteiger partial charge >= 0.3 is 0 Å². The minimum Gasteiger partial charge on any atom is -0.484 e. The van der Waals surface area contributed by atoms with Crippen molar-refractivity contribution in [2.75, 3.05) is 24.5 Å². The lowest BCUT2D eigenvalue weighted by Crippen LogP contribution is -2.46. The second-order valence-corrected chi connectivity index (χ2v) is 5.87. The van der Waals surface area contributed by atoms with Gasteiger partial charge < -0.3 is 15.4 Å². The topological polar surface area (TPSA) is 55.6 Å². The van der Waals surface area contributed by atoms with Crippen LogP contribution >= 0.6 is 0 Å². The lowest BCUT2D eigenvalue weighted by Gasteiger charge is -2.40. The fraction of sp³-hybridized carbons (Fsp3) is 0.562. The molecule has 0 atom stereocenters. The summed E-state index contributed by atoms with van der Waals surface area (Å²) in [6.07, 6.45) is 1.24. The monoisotopic (exact) mass is 276 g/mol. The van der Waals surface area contributed by atoms with E-state index in [-0.39, 0.29) is 11.4 Å². The van der Waals surface area contributed by atoms with Crippen molar-refractivity contribution < 1.29 is 9.53 Å². The van der Waals surface area contributed by atoms with Crippen LogP contribution in [0.3, 0.4) is 0 Å². The average Bonchev–Trinajstić information content (AvgIpc) is 2.42. The predicted octanol–water partition coefficient (Wildman–Crippen LogP) is 2.61. The van der Waals surface area contributed by atoms with Gasteiger partial charge in [0.25, 0.3) is 0 Å². The Morgan fingerprint density at radius 1 is 1.45 bits per heavy atom. The molecule has 0 aliphatic carbocycles. The molecule has 1 aromatic carbocycles. The molecule has 0 bridgehead atoms. The fourth-order valence-corrected chi connectivity index (χ4v) is 2.59. The van der Waals surface area contributed by atoms with E-state index in [0.717, 1.165) is 36.5 Å². The van der Waals surface area contributed by atoms with Crippen LogP contribution in [0.15, 0.2) is 18.2 Å². The normalized spacial score (nSPS) is 16.5. The van der Waals surface area contributed by atoms with E-state index in [0.29, 0.717) is 13.0 Å². The van der Waals surface area contributed by atoms with Crippen LogP contribution < -0.4 is 15.4 Å². The van der Waals surface area contributed by atoms with E-state index >= 15 is 0 Å². The van der Waals surface area contributed by atoms with E-state index in [2.05, 4.69) is 25.7 Å². The van der Waals surface area contributed by atoms with E-state index in [9.17, 15) is 4.79 Å². The van der Waals surface area contributed by atoms with Gasteiger partial charge in [0.05, 0.1) is 12.2 Å². The molecule has 0 unspecified atom stereocenters. The second-order valence-electron chi connectivity index (χ2n) is 5.87. The van der Waals surface area contributed by atoms with Crippen LogP contribution in [0, 0.1) is 0 Å². The van der Waals surface area contributed by atoms with Gasteiger partial charge in [0, 0.05) is 18.5 Å². The second kappa shape index (κ2) is 5.83. The van der Waals surface area contributed by atoms with Crippen molar-refractivity contribution in [1.82, 2.24) is 0 Å². The maximum absolute atomic E-state index is 12.1. The molecule has 1 aromatic rings. The molecule has 0 saturated carbocycles. The number of rotatable bonds is 5. The third-order valence-electron chi connectivity index (χ3n) is 3.57. The summed E-state index contributed by atoms with van der Waals surface area (Å²) < 4.78 is 5.99. The molecule has 0 radical (unpaired) electrons. The van der Waals surface area contributed by atoms with Crippen LogP contribution in [0.1, 0.15) is 44.0 Å². The number of benzene rings is 1. The van der Waals surface area contributed by atoms with Gasteiger partial charge in [0.1, 0.15) is 11.4 Å². The summed E-state index contributed by atoms with van der Waals surface area (Å²) in [5.41, 5.74) is 7.03. The summed E-state index contributed by atoms with van der Waals surface area (Å²) >= 11 is 0. The Labute approximate surface area is 120 Å². The Balaban J connectivity index is 2.28. The molecular weight excluding hydrogens is 252 g/mol. The zero-order chi connectivity index (χ0) is 14.8. The van der Waals surface area contributed by atoms with Crippen molar-refractivity contribution in [3.05, 3.63) is 23.8 Å². The number of fused-ring (bicyclic) bond motifs is 1. The van der Waals surface area contributed by atoms with Crippen LogP contribution in [0.2, 0.25) is 0 Å². The molecule has 0 fully saturated rings. The Kier molecular flexibility index (Phi) is 4.33. The fourth-order valence-electron chi connectivity index (χ4n) is 2.59. The molecular formula is C16H24N2O2. The van der Waals surface area contributed by atoms with Crippen molar-refractivity contribution >= 4 is 11.5 Å². The first-order chi connectivity index (χ1) is 9.46. The Bertz CT molecular complexity index is 497. The highest BCUT2D eigenvalue weighted by Gasteiger charge is 2.31. The molecule has 2 N–H and O–H groups in total. The van der Waals surface area contributed by atoms with Crippen molar-refractivity contribution in [2.45, 2.75) is 39.2 Å². The third kappa shape index (κ3) is 3.12. The van der Waals surface area contributed by atoms with Gasteiger partial charge in [-0.1, -0.05) is 0 Å². The summed E-state index contributed by atoms with van der Waals surface area (Å²) in [7, 11) is 0. The van der Waals surface area contributed by atoms with E-state index in [1.165, 1.54) is 0 Å². The van der Waals surface area contributed by atoms with Crippen LogP contribution in [-0.4, -0.2) is 31.0 Å². The number of nitrogens with zero attached hydrogens (tertiary/aromatic N) is 1. The van der Waals surface area contributed by atoms with Crippen LogP contribution in [0.4, 0.5) is 5.69 Å². The first-order valence-electron chi connectivity index (χ1n) is 7.28. The summed E-state index contributed by atoms with van der Waals surface area (Å²) in [6.45, 7) is 8.57. The summed E-state index contributed by atoms with van der Waals surface area (Å²) in [6, 6.07) is 5.72. The van der Waals surface area contributed by atoms with E-state index in [1.807, 2.05) is 18.2 Å². The highest BCUT2D eigenvalue weighted by atomic mass is 16.5. The first-order valence-corrected chi connectivity index (χ1v) is 7.28. The molecule has 0 amide bonds. The molecule has 0 saturated heterocycles. The molecule has 0 spiro atoms. The Morgan fingerprint density at radius 2 is 2.20 bits per heavy atom. The number of hydrogen-bond acceptors (Lipinski definition) is 4. The summed E-state index contributed by atoms with van der Waals surface area (Å²) in [5.74, 6) is 1.01. The molecule has 2 rings (SSSR count). The van der Waals surface area contributed by atoms with E-state index in [4.69, 9.17) is 10.5 Å². The molecule has 1 aliphatic heterocycles. The predicted molar refractivity (Wildman–Crippen MR) is 81.7 cm³/mol. The zero-order valence-corrected chi connectivity index (χ0v) is 12.6. The van der Waals surface area contributed by atoms with Gasteiger partial charge in [-0.05, 0) is 51.9 Å². The number of carbonyl (C=O) groups excluding carboxylic acids is 1. The van der Waals surface area contributed by atoms with Crippen LogP contribution in [0.5, 0.6) is 5.75 Å². The van der Waals surface area contributed by atoms with Crippen LogP contribution in [0.25, 0.3) is 0 Å². The Hall–Kier alpha value is -1.55. The smallest absolute Gasteiger partial charge is 0.163 e. The summed E-state index contributed by atoms with van der Waals surface area (Å²) in [5, 5.41) is 0. The molecule has 1 aliphatic rings. The third-order valence-corrected chi connectivity index (χ3v) is 3.57. The molecule has 110 valence electrons. The summed E-state index contributed by atoms with van der Waals surface area (Å²) in [4.78, 5) is 14.4. The highest BCUT2D eigenvalue weighted by Crippen LogP contribution is 2.37. The quantitative estimate of drug-likeness (QED) is 0.840. The van der Waals surface area contributed by atoms with E-state index in [1.54, 1.807) is 0 Å². The largest absolute Gasteiger partial charge is 0.484 e. The van der Waals surface area contributed by atoms with Gasteiger partial charge in [0.15, 0.2) is 5.78 Å². The number of likely N-dealkylation sites (N-methyl/N-ethyl adjacent to an activating group) is 1. The number of ketones is 1. The maximum atomic E-state index is 12.1. The number of anilines is 1. The first kappa shape index (κ1) is 14.9. The standard InChI is InChI=1S/C16H24N2O2/c1-4-18-11-16(2,3)20-15-8-7-12(10-13(15)18)14(19)6-5-9-17/h7-8,10H,4-6,9,11,17H2,1-3H3.